The molecule has 110 valence electrons. The molecule has 1 saturated heterocycles. The molecule has 0 spiro atoms. The maximum Gasteiger partial charge on any atom is 0.494 e. The highest BCUT2D eigenvalue weighted by atomic mass is 16.7. The van der Waals surface area contributed by atoms with Gasteiger partial charge in [-0.2, -0.15) is 0 Å². The Morgan fingerprint density at radius 1 is 0.905 bits per heavy atom. The molecule has 0 bridgehead atoms. The van der Waals surface area contributed by atoms with E-state index < -0.39 is 0 Å². The number of hydrogen-bond acceptors (Lipinski definition) is 2. The summed E-state index contributed by atoms with van der Waals surface area (Å²) in [5.74, 6) is 0. The highest BCUT2D eigenvalue weighted by Crippen LogP contribution is 2.36. The Morgan fingerprint density at radius 3 is 1.95 bits per heavy atom. The van der Waals surface area contributed by atoms with E-state index in [-0.39, 0.29) is 18.3 Å². The van der Waals surface area contributed by atoms with Crippen LogP contribution in [0.1, 0.15) is 46.1 Å². The zero-order chi connectivity index (χ0) is 15.1. The third-order valence-corrected chi connectivity index (χ3v) is 4.76. The van der Waals surface area contributed by atoms with Gasteiger partial charge in [-0.1, -0.05) is 48.1 Å². The van der Waals surface area contributed by atoms with E-state index in [1.54, 1.807) is 0 Å². The normalized spacial score (nSPS) is 22.9. The van der Waals surface area contributed by atoms with Crippen LogP contribution in [0.5, 0.6) is 0 Å². The Morgan fingerprint density at radius 2 is 1.43 bits per heavy atom. The van der Waals surface area contributed by atoms with Gasteiger partial charge in [0.05, 0.1) is 11.2 Å². The lowest BCUT2D eigenvalue weighted by Gasteiger charge is -2.32. The minimum absolute atomic E-state index is 0.273. The summed E-state index contributed by atoms with van der Waals surface area (Å²) in [6.45, 7) is 8.33. The van der Waals surface area contributed by atoms with Gasteiger partial charge in [0.25, 0.3) is 0 Å². The van der Waals surface area contributed by atoms with Crippen LogP contribution in [0.4, 0.5) is 0 Å². The Kier molecular flexibility index (Phi) is 3.58. The molecule has 1 aromatic carbocycles. The summed E-state index contributed by atoms with van der Waals surface area (Å²) in [7, 11) is -0.273. The Labute approximate surface area is 128 Å². The molecule has 0 unspecified atom stereocenters. The highest BCUT2D eigenvalue weighted by Gasteiger charge is 2.51. The zero-order valence-corrected chi connectivity index (χ0v) is 13.3. The van der Waals surface area contributed by atoms with Crippen molar-refractivity contribution in [1.29, 1.82) is 0 Å². The van der Waals surface area contributed by atoms with Gasteiger partial charge in [0.15, 0.2) is 0 Å². The maximum absolute atomic E-state index is 6.08. The molecule has 3 rings (SSSR count). The third kappa shape index (κ3) is 2.85. The molecule has 2 nitrogen and oxygen atoms in total. The molecular formula is C18H23BO2. The zero-order valence-electron chi connectivity index (χ0n) is 13.3. The van der Waals surface area contributed by atoms with Crippen LogP contribution in [0.3, 0.4) is 0 Å². The first kappa shape index (κ1) is 14.6. The molecule has 1 aromatic rings. The summed E-state index contributed by atoms with van der Waals surface area (Å²) in [6, 6.07) is 8.51. The molecule has 1 fully saturated rings. The van der Waals surface area contributed by atoms with E-state index >= 15 is 0 Å². The van der Waals surface area contributed by atoms with Crippen molar-refractivity contribution in [3.05, 3.63) is 47.6 Å². The molecule has 3 heteroatoms. The minimum Gasteiger partial charge on any atom is -0.399 e. The fourth-order valence-electron chi connectivity index (χ4n) is 2.63. The Hall–Kier alpha value is -1.32. The van der Waals surface area contributed by atoms with E-state index in [0.717, 1.165) is 18.3 Å². The van der Waals surface area contributed by atoms with Crippen molar-refractivity contribution in [3.63, 3.8) is 0 Å². The van der Waals surface area contributed by atoms with Crippen LogP contribution < -0.4 is 5.46 Å². The summed E-state index contributed by atoms with van der Waals surface area (Å²) in [5, 5.41) is 0. The summed E-state index contributed by atoms with van der Waals surface area (Å²) in [6.07, 6.45) is 8.89. The lowest BCUT2D eigenvalue weighted by molar-refractivity contribution is 0.00578. The molecule has 1 heterocycles. The predicted molar refractivity (Wildman–Crippen MR) is 88.5 cm³/mol. The summed E-state index contributed by atoms with van der Waals surface area (Å²) in [5.41, 5.74) is 3.23. The first-order chi connectivity index (χ1) is 9.87. The summed E-state index contributed by atoms with van der Waals surface area (Å²) < 4.78 is 12.2. The summed E-state index contributed by atoms with van der Waals surface area (Å²) >= 11 is 0. The van der Waals surface area contributed by atoms with Crippen LogP contribution in [-0.2, 0) is 9.31 Å². The van der Waals surface area contributed by atoms with Crippen molar-refractivity contribution < 1.29 is 9.31 Å². The monoisotopic (exact) mass is 282 g/mol. The van der Waals surface area contributed by atoms with E-state index in [2.05, 4.69) is 70.2 Å². The van der Waals surface area contributed by atoms with Crippen molar-refractivity contribution in [1.82, 2.24) is 0 Å². The van der Waals surface area contributed by atoms with Gasteiger partial charge in [0.1, 0.15) is 0 Å². The van der Waals surface area contributed by atoms with Crippen molar-refractivity contribution >= 4 is 18.7 Å². The smallest absolute Gasteiger partial charge is 0.399 e. The van der Waals surface area contributed by atoms with Gasteiger partial charge in [-0.3, -0.25) is 0 Å². The number of rotatable bonds is 2. The van der Waals surface area contributed by atoms with Gasteiger partial charge in [-0.25, -0.2) is 0 Å². The van der Waals surface area contributed by atoms with Crippen LogP contribution >= 0.6 is 0 Å². The van der Waals surface area contributed by atoms with Crippen LogP contribution in [0.15, 0.2) is 42.0 Å². The first-order valence-corrected chi connectivity index (χ1v) is 7.67. The predicted octanol–water partition coefficient (Wildman–Crippen LogP) is 3.72. The maximum atomic E-state index is 6.08. The molecule has 0 aromatic heterocycles. The second-order valence-electron chi connectivity index (χ2n) is 6.94. The average Bonchev–Trinajstić information content (AvgIpc) is 2.97. The number of allylic oxidation sites excluding steroid dienone is 3. The van der Waals surface area contributed by atoms with Gasteiger partial charge < -0.3 is 9.31 Å². The fourth-order valence-corrected chi connectivity index (χ4v) is 2.63. The number of benzene rings is 1. The molecule has 0 N–H and O–H groups in total. The highest BCUT2D eigenvalue weighted by molar-refractivity contribution is 6.62. The second-order valence-corrected chi connectivity index (χ2v) is 6.94. The summed E-state index contributed by atoms with van der Waals surface area (Å²) in [4.78, 5) is 0. The Balaban J connectivity index is 1.75. The van der Waals surface area contributed by atoms with E-state index in [1.165, 1.54) is 11.1 Å². The quantitative estimate of drug-likeness (QED) is 0.608. The standard InChI is InChI=1S/C18H23BO2/c1-17(2)18(3,4)21-19(20-17)16-11-9-15(10-12-16)13-14-7-5-6-8-14/h5-6,9-13H,7-8H2,1-4H3. The molecule has 21 heavy (non-hydrogen) atoms. The van der Waals surface area contributed by atoms with Crippen molar-refractivity contribution in [2.75, 3.05) is 0 Å². The fraction of sp³-hybridized carbons (Fsp3) is 0.444. The molecule has 0 saturated carbocycles. The van der Waals surface area contributed by atoms with Gasteiger partial charge in [-0.05, 0) is 51.6 Å². The van der Waals surface area contributed by atoms with E-state index in [1.807, 2.05) is 0 Å². The van der Waals surface area contributed by atoms with Crippen LogP contribution in [0.2, 0.25) is 0 Å². The molecule has 0 radical (unpaired) electrons. The van der Waals surface area contributed by atoms with Crippen LogP contribution in [0.25, 0.3) is 6.08 Å². The van der Waals surface area contributed by atoms with Gasteiger partial charge in [0.2, 0.25) is 0 Å². The van der Waals surface area contributed by atoms with E-state index in [0.29, 0.717) is 0 Å². The van der Waals surface area contributed by atoms with Gasteiger partial charge >= 0.3 is 7.12 Å². The van der Waals surface area contributed by atoms with E-state index in [4.69, 9.17) is 9.31 Å². The van der Waals surface area contributed by atoms with Crippen molar-refractivity contribution in [3.8, 4) is 0 Å². The Bertz CT molecular complexity index is 556. The van der Waals surface area contributed by atoms with Gasteiger partial charge in [0, 0.05) is 0 Å². The largest absolute Gasteiger partial charge is 0.494 e. The van der Waals surface area contributed by atoms with Crippen LogP contribution in [-0.4, -0.2) is 18.3 Å². The average molecular weight is 282 g/mol. The minimum atomic E-state index is -0.284. The molecular weight excluding hydrogens is 259 g/mol. The lowest BCUT2D eigenvalue weighted by Crippen LogP contribution is -2.41. The molecule has 2 aliphatic rings. The van der Waals surface area contributed by atoms with Crippen molar-refractivity contribution in [2.24, 2.45) is 0 Å². The third-order valence-electron chi connectivity index (χ3n) is 4.76. The van der Waals surface area contributed by atoms with Gasteiger partial charge in [-0.15, -0.1) is 0 Å². The van der Waals surface area contributed by atoms with Crippen LogP contribution in [0, 0.1) is 0 Å². The SMILES string of the molecule is CC1(C)OB(c2ccc(C=C3CC=CC3)cc2)OC1(C)C. The molecule has 0 atom stereocenters. The first-order valence-electron chi connectivity index (χ1n) is 7.67. The van der Waals surface area contributed by atoms with E-state index in [9.17, 15) is 0 Å². The second kappa shape index (κ2) is 5.15. The molecule has 1 aliphatic carbocycles. The molecule has 1 aliphatic heterocycles. The topological polar surface area (TPSA) is 18.5 Å². The number of hydrogen-bond donors (Lipinski definition) is 0. The lowest BCUT2D eigenvalue weighted by atomic mass is 9.79. The van der Waals surface area contributed by atoms with Crippen molar-refractivity contribution in [2.45, 2.75) is 51.7 Å². The molecule has 0 amide bonds.